The van der Waals surface area contributed by atoms with Gasteiger partial charge in [0.05, 0.1) is 0 Å². The largest absolute Gasteiger partial charge is 0.368 e. The zero-order valence-electron chi connectivity index (χ0n) is 15.6. The summed E-state index contributed by atoms with van der Waals surface area (Å²) in [5.41, 5.74) is 3.89. The molecule has 0 atom stereocenters. The van der Waals surface area contributed by atoms with Crippen LogP contribution in [0.3, 0.4) is 0 Å². The molecule has 0 spiro atoms. The average molecular weight is 465 g/mol. The Kier molecular flexibility index (Phi) is 8.15. The van der Waals surface area contributed by atoms with Crippen molar-refractivity contribution in [1.82, 2.24) is 15.2 Å². The van der Waals surface area contributed by atoms with Crippen molar-refractivity contribution in [2.75, 3.05) is 44.7 Å². The number of aliphatic imine (C=N–C) groups is 1. The van der Waals surface area contributed by atoms with E-state index in [1.807, 2.05) is 19.4 Å². The van der Waals surface area contributed by atoms with Crippen molar-refractivity contribution in [2.24, 2.45) is 4.99 Å². The van der Waals surface area contributed by atoms with Crippen LogP contribution in [0.25, 0.3) is 0 Å². The van der Waals surface area contributed by atoms with Gasteiger partial charge in [-0.2, -0.15) is 0 Å². The van der Waals surface area contributed by atoms with Gasteiger partial charge >= 0.3 is 0 Å². The van der Waals surface area contributed by atoms with E-state index in [2.05, 4.69) is 68.4 Å². The van der Waals surface area contributed by atoms with Crippen LogP contribution in [0.4, 0.5) is 5.69 Å². The number of nitrogens with one attached hydrogen (secondary N) is 1. The smallest absolute Gasteiger partial charge is 0.193 e. The molecule has 1 N–H and O–H groups in total. The quantitative estimate of drug-likeness (QED) is 0.429. The van der Waals surface area contributed by atoms with Crippen LogP contribution in [0.5, 0.6) is 0 Å². The highest BCUT2D eigenvalue weighted by Crippen LogP contribution is 2.15. The lowest BCUT2D eigenvalue weighted by atomic mass is 10.1. The molecular formula is C20H28IN5. The topological polar surface area (TPSA) is 43.8 Å². The number of nitrogens with zero attached hydrogens (tertiary/aromatic N) is 4. The summed E-state index contributed by atoms with van der Waals surface area (Å²) < 4.78 is 0. The molecule has 2 heterocycles. The highest BCUT2D eigenvalue weighted by atomic mass is 127. The van der Waals surface area contributed by atoms with Crippen LogP contribution < -0.4 is 10.2 Å². The maximum Gasteiger partial charge on any atom is 0.193 e. The summed E-state index contributed by atoms with van der Waals surface area (Å²) in [4.78, 5) is 13.4. The molecule has 0 unspecified atom stereocenters. The molecule has 1 aromatic carbocycles. The van der Waals surface area contributed by atoms with Crippen molar-refractivity contribution < 1.29 is 0 Å². The molecule has 1 saturated heterocycles. The van der Waals surface area contributed by atoms with Crippen LogP contribution in [0.15, 0.2) is 53.8 Å². The number of halogens is 1. The van der Waals surface area contributed by atoms with E-state index in [-0.39, 0.29) is 24.0 Å². The summed E-state index contributed by atoms with van der Waals surface area (Å²) in [6.07, 6.45) is 4.77. The lowest BCUT2D eigenvalue weighted by molar-refractivity contribution is 0.373. The molecule has 6 heteroatoms. The summed E-state index contributed by atoms with van der Waals surface area (Å²) >= 11 is 0. The van der Waals surface area contributed by atoms with Crippen LogP contribution >= 0.6 is 24.0 Å². The molecule has 2 aromatic rings. The zero-order chi connectivity index (χ0) is 17.5. The molecule has 3 rings (SSSR count). The number of rotatable bonds is 4. The van der Waals surface area contributed by atoms with Gasteiger partial charge in [0, 0.05) is 57.9 Å². The SMILES string of the molecule is CN=C(NCCc1ccncc1C)N1CCN(c2ccccc2)CC1.I. The van der Waals surface area contributed by atoms with Gasteiger partial charge in [-0.15, -0.1) is 24.0 Å². The Morgan fingerprint density at radius 3 is 2.50 bits per heavy atom. The molecule has 0 aliphatic carbocycles. The Bertz CT molecular complexity index is 696. The van der Waals surface area contributed by atoms with E-state index in [4.69, 9.17) is 0 Å². The molecule has 0 saturated carbocycles. The van der Waals surface area contributed by atoms with E-state index >= 15 is 0 Å². The fourth-order valence-corrected chi connectivity index (χ4v) is 3.24. The van der Waals surface area contributed by atoms with E-state index in [9.17, 15) is 0 Å². The van der Waals surface area contributed by atoms with Gasteiger partial charge in [0.15, 0.2) is 5.96 Å². The normalized spacial score (nSPS) is 14.8. The highest BCUT2D eigenvalue weighted by molar-refractivity contribution is 14.0. The van der Waals surface area contributed by atoms with Crippen LogP contribution in [0.2, 0.25) is 0 Å². The van der Waals surface area contributed by atoms with E-state index < -0.39 is 0 Å². The Morgan fingerprint density at radius 1 is 1.12 bits per heavy atom. The van der Waals surface area contributed by atoms with Gasteiger partial charge in [0.1, 0.15) is 0 Å². The lowest BCUT2D eigenvalue weighted by Crippen LogP contribution is -2.52. The van der Waals surface area contributed by atoms with Gasteiger partial charge in [0.2, 0.25) is 0 Å². The molecule has 26 heavy (non-hydrogen) atoms. The number of hydrogen-bond acceptors (Lipinski definition) is 3. The van der Waals surface area contributed by atoms with Crippen LogP contribution in [0, 0.1) is 6.92 Å². The molecular weight excluding hydrogens is 437 g/mol. The van der Waals surface area contributed by atoms with E-state index in [1.54, 1.807) is 0 Å². The molecule has 1 aliphatic rings. The molecule has 1 aromatic heterocycles. The second-order valence-electron chi connectivity index (χ2n) is 6.34. The molecule has 5 nitrogen and oxygen atoms in total. The molecule has 1 aliphatic heterocycles. The number of para-hydroxylation sites is 1. The summed E-state index contributed by atoms with van der Waals surface area (Å²) in [6, 6.07) is 12.7. The van der Waals surface area contributed by atoms with Crippen molar-refractivity contribution >= 4 is 35.6 Å². The summed E-state index contributed by atoms with van der Waals surface area (Å²) in [5.74, 6) is 0.999. The average Bonchev–Trinajstić information content (AvgIpc) is 2.67. The third kappa shape index (κ3) is 5.33. The maximum atomic E-state index is 4.46. The minimum absolute atomic E-state index is 0. The number of hydrogen-bond donors (Lipinski definition) is 1. The standard InChI is InChI=1S/C20H27N5.HI/c1-17-16-22-10-8-18(17)9-11-23-20(21-2)25-14-12-24(13-15-25)19-6-4-3-5-7-19;/h3-8,10,16H,9,11-15H2,1-2H3,(H,21,23);1H. The maximum absolute atomic E-state index is 4.46. The van der Waals surface area contributed by atoms with Crippen molar-refractivity contribution in [3.05, 3.63) is 59.9 Å². The third-order valence-electron chi connectivity index (χ3n) is 4.73. The number of piperazine rings is 1. The Morgan fingerprint density at radius 2 is 1.85 bits per heavy atom. The third-order valence-corrected chi connectivity index (χ3v) is 4.73. The summed E-state index contributed by atoms with van der Waals surface area (Å²) in [7, 11) is 1.86. The van der Waals surface area contributed by atoms with Crippen LogP contribution in [0.1, 0.15) is 11.1 Å². The minimum atomic E-state index is 0. The predicted octanol–water partition coefficient (Wildman–Crippen LogP) is 2.95. The number of aryl methyl sites for hydroxylation is 1. The second kappa shape index (κ2) is 10.4. The van der Waals surface area contributed by atoms with Crippen molar-refractivity contribution in [2.45, 2.75) is 13.3 Å². The first-order chi connectivity index (χ1) is 12.3. The first-order valence-corrected chi connectivity index (χ1v) is 8.93. The van der Waals surface area contributed by atoms with E-state index in [1.165, 1.54) is 16.8 Å². The number of pyridine rings is 1. The second-order valence-corrected chi connectivity index (χ2v) is 6.34. The van der Waals surface area contributed by atoms with Gasteiger partial charge in [-0.1, -0.05) is 18.2 Å². The number of guanidine groups is 1. The van der Waals surface area contributed by atoms with Crippen LogP contribution in [-0.4, -0.2) is 55.6 Å². The van der Waals surface area contributed by atoms with Crippen molar-refractivity contribution in [3.8, 4) is 0 Å². The molecule has 140 valence electrons. The number of anilines is 1. The van der Waals surface area contributed by atoms with Gasteiger partial charge in [-0.3, -0.25) is 9.98 Å². The summed E-state index contributed by atoms with van der Waals surface area (Å²) in [6.45, 7) is 7.02. The molecule has 0 bridgehead atoms. The van der Waals surface area contributed by atoms with Gasteiger partial charge in [-0.05, 0) is 42.7 Å². The number of aromatic nitrogens is 1. The Hall–Kier alpha value is -1.83. The number of benzene rings is 1. The molecule has 0 amide bonds. The van der Waals surface area contributed by atoms with Gasteiger partial charge in [-0.25, -0.2) is 0 Å². The molecule has 1 fully saturated rings. The minimum Gasteiger partial charge on any atom is -0.368 e. The lowest BCUT2D eigenvalue weighted by Gasteiger charge is -2.37. The van der Waals surface area contributed by atoms with E-state index in [0.717, 1.165) is 45.1 Å². The monoisotopic (exact) mass is 465 g/mol. The van der Waals surface area contributed by atoms with Gasteiger partial charge in [0.25, 0.3) is 0 Å². The first-order valence-electron chi connectivity index (χ1n) is 8.93. The predicted molar refractivity (Wildman–Crippen MR) is 120 cm³/mol. The Labute approximate surface area is 173 Å². The van der Waals surface area contributed by atoms with Crippen molar-refractivity contribution in [1.29, 1.82) is 0 Å². The summed E-state index contributed by atoms with van der Waals surface area (Å²) in [5, 5.41) is 3.51. The van der Waals surface area contributed by atoms with Crippen molar-refractivity contribution in [3.63, 3.8) is 0 Å². The van der Waals surface area contributed by atoms with E-state index in [0.29, 0.717) is 0 Å². The first kappa shape index (κ1) is 20.5. The van der Waals surface area contributed by atoms with Gasteiger partial charge < -0.3 is 15.1 Å². The highest BCUT2D eigenvalue weighted by Gasteiger charge is 2.19. The van der Waals surface area contributed by atoms with Crippen LogP contribution in [-0.2, 0) is 6.42 Å². The Balaban J connectivity index is 0.00000243. The molecule has 0 radical (unpaired) electrons. The fraction of sp³-hybridized carbons (Fsp3) is 0.400. The zero-order valence-corrected chi connectivity index (χ0v) is 17.9. The fourth-order valence-electron chi connectivity index (χ4n) is 3.24.